The SMILES string of the molecule is CC(N)C(=O)N(C(=O)C(C)N)C(CCCNC(=N)N)C(=O)O. The molecular formula is C12H24N6O4. The van der Waals surface area contributed by atoms with E-state index in [9.17, 15) is 19.5 Å². The van der Waals surface area contributed by atoms with Crippen LogP contribution in [0.3, 0.4) is 0 Å². The van der Waals surface area contributed by atoms with E-state index < -0.39 is 35.9 Å². The Labute approximate surface area is 128 Å². The minimum Gasteiger partial charge on any atom is -0.480 e. The van der Waals surface area contributed by atoms with Gasteiger partial charge < -0.3 is 27.6 Å². The van der Waals surface area contributed by atoms with Crippen molar-refractivity contribution in [1.29, 1.82) is 5.41 Å². The predicted molar refractivity (Wildman–Crippen MR) is 79.7 cm³/mol. The standard InChI is InChI=1S/C12H24N6O4/c1-6(13)9(19)18(10(20)7(2)14)8(11(21)22)4-3-5-17-12(15)16/h6-8H,3-5,13-14H2,1-2H3,(H,21,22)(H4,15,16,17). The molecule has 0 aliphatic rings. The lowest BCUT2D eigenvalue weighted by atomic mass is 10.1. The number of aliphatic carboxylic acids is 1. The summed E-state index contributed by atoms with van der Waals surface area (Å²) in [6, 6.07) is -3.43. The summed E-state index contributed by atoms with van der Waals surface area (Å²) in [6.45, 7) is 2.96. The number of nitrogens with zero attached hydrogens (tertiary/aromatic N) is 1. The molecule has 0 aliphatic carbocycles. The van der Waals surface area contributed by atoms with E-state index in [0.717, 1.165) is 0 Å². The molecule has 3 atom stereocenters. The van der Waals surface area contributed by atoms with Crippen LogP contribution in [0.4, 0.5) is 0 Å². The molecule has 0 heterocycles. The van der Waals surface area contributed by atoms with Crippen molar-refractivity contribution in [2.24, 2.45) is 17.2 Å². The summed E-state index contributed by atoms with van der Waals surface area (Å²) in [6.07, 6.45) is 0.276. The van der Waals surface area contributed by atoms with Crippen LogP contribution in [0.25, 0.3) is 0 Å². The van der Waals surface area contributed by atoms with Gasteiger partial charge in [0, 0.05) is 6.54 Å². The Morgan fingerprint density at radius 1 is 1.18 bits per heavy atom. The minimum absolute atomic E-state index is 0.00741. The highest BCUT2D eigenvalue weighted by Gasteiger charge is 2.36. The third-order valence-electron chi connectivity index (χ3n) is 2.82. The van der Waals surface area contributed by atoms with Crippen LogP contribution < -0.4 is 22.5 Å². The van der Waals surface area contributed by atoms with Crippen LogP contribution in [-0.4, -0.2) is 58.4 Å². The Hall–Kier alpha value is -2.20. The number of nitrogens with two attached hydrogens (primary N) is 3. The van der Waals surface area contributed by atoms with E-state index >= 15 is 0 Å². The van der Waals surface area contributed by atoms with E-state index in [2.05, 4.69) is 5.32 Å². The van der Waals surface area contributed by atoms with Crippen LogP contribution in [0.15, 0.2) is 0 Å². The van der Waals surface area contributed by atoms with Crippen molar-refractivity contribution in [2.45, 2.75) is 44.8 Å². The van der Waals surface area contributed by atoms with Crippen LogP contribution >= 0.6 is 0 Å². The molecule has 22 heavy (non-hydrogen) atoms. The monoisotopic (exact) mass is 316 g/mol. The third-order valence-corrected chi connectivity index (χ3v) is 2.82. The van der Waals surface area contributed by atoms with Crippen LogP contribution in [-0.2, 0) is 14.4 Å². The van der Waals surface area contributed by atoms with Crippen molar-refractivity contribution in [1.82, 2.24) is 10.2 Å². The molecule has 10 heteroatoms. The highest BCUT2D eigenvalue weighted by Crippen LogP contribution is 2.11. The average Bonchev–Trinajstić information content (AvgIpc) is 2.40. The molecule has 0 aliphatic heterocycles. The van der Waals surface area contributed by atoms with Crippen molar-refractivity contribution in [3.8, 4) is 0 Å². The Morgan fingerprint density at radius 2 is 1.64 bits per heavy atom. The summed E-state index contributed by atoms with van der Waals surface area (Å²) in [7, 11) is 0. The number of carbonyl (C=O) groups excluding carboxylic acids is 2. The number of amides is 2. The molecule has 0 fully saturated rings. The van der Waals surface area contributed by atoms with Crippen molar-refractivity contribution in [2.75, 3.05) is 6.54 Å². The van der Waals surface area contributed by atoms with E-state index in [4.69, 9.17) is 22.6 Å². The van der Waals surface area contributed by atoms with Gasteiger partial charge in [-0.25, -0.2) is 4.79 Å². The van der Waals surface area contributed by atoms with E-state index in [1.54, 1.807) is 0 Å². The zero-order valence-corrected chi connectivity index (χ0v) is 12.7. The first-order valence-electron chi connectivity index (χ1n) is 6.78. The first kappa shape index (κ1) is 19.8. The second-order valence-electron chi connectivity index (χ2n) is 4.96. The van der Waals surface area contributed by atoms with Gasteiger partial charge in [-0.15, -0.1) is 0 Å². The summed E-state index contributed by atoms with van der Waals surface area (Å²) in [4.78, 5) is 36.2. The minimum atomic E-state index is -1.37. The second-order valence-corrected chi connectivity index (χ2v) is 4.96. The average molecular weight is 316 g/mol. The van der Waals surface area contributed by atoms with E-state index in [-0.39, 0.29) is 25.3 Å². The topological polar surface area (TPSA) is 189 Å². The summed E-state index contributed by atoms with van der Waals surface area (Å²) in [5.74, 6) is -3.17. The number of rotatable bonds is 8. The molecule has 0 saturated carbocycles. The number of carboxylic acids is 1. The lowest BCUT2D eigenvalue weighted by Crippen LogP contribution is -2.57. The molecule has 10 nitrogen and oxygen atoms in total. The second kappa shape index (κ2) is 8.95. The van der Waals surface area contributed by atoms with Crippen molar-refractivity contribution < 1.29 is 19.5 Å². The fraction of sp³-hybridized carbons (Fsp3) is 0.667. The van der Waals surface area contributed by atoms with Crippen LogP contribution in [0.5, 0.6) is 0 Å². The van der Waals surface area contributed by atoms with Gasteiger partial charge >= 0.3 is 5.97 Å². The van der Waals surface area contributed by atoms with Gasteiger partial charge in [0.25, 0.3) is 0 Å². The normalized spacial score (nSPS) is 14.5. The Balaban J connectivity index is 5.15. The maximum absolute atomic E-state index is 12.1. The van der Waals surface area contributed by atoms with Crippen molar-refractivity contribution in [3.05, 3.63) is 0 Å². The summed E-state index contributed by atoms with van der Waals surface area (Å²) in [5, 5.41) is 18.8. The van der Waals surface area contributed by atoms with Gasteiger partial charge in [0.1, 0.15) is 6.04 Å². The fourth-order valence-corrected chi connectivity index (χ4v) is 1.74. The summed E-state index contributed by atoms with van der Waals surface area (Å²) in [5.41, 5.74) is 16.1. The molecule has 0 aromatic rings. The Morgan fingerprint density at radius 3 is 1.95 bits per heavy atom. The van der Waals surface area contributed by atoms with Crippen molar-refractivity contribution >= 4 is 23.7 Å². The molecule has 0 rings (SSSR count). The molecule has 0 radical (unpaired) electrons. The quantitative estimate of drug-likeness (QED) is 0.164. The van der Waals surface area contributed by atoms with Crippen LogP contribution in [0.1, 0.15) is 26.7 Å². The Bertz CT molecular complexity index is 417. The number of hydrogen-bond donors (Lipinski definition) is 6. The molecule has 0 spiro atoms. The molecular weight excluding hydrogens is 292 g/mol. The first-order valence-corrected chi connectivity index (χ1v) is 6.78. The Kier molecular flexibility index (Phi) is 8.05. The summed E-state index contributed by atoms with van der Waals surface area (Å²) >= 11 is 0. The largest absolute Gasteiger partial charge is 0.480 e. The van der Waals surface area contributed by atoms with Gasteiger partial charge in [0.2, 0.25) is 11.8 Å². The fourth-order valence-electron chi connectivity index (χ4n) is 1.74. The van der Waals surface area contributed by atoms with Gasteiger partial charge in [-0.2, -0.15) is 0 Å². The van der Waals surface area contributed by atoms with Crippen LogP contribution in [0.2, 0.25) is 0 Å². The van der Waals surface area contributed by atoms with Crippen molar-refractivity contribution in [3.63, 3.8) is 0 Å². The molecule has 0 bridgehead atoms. The number of carbonyl (C=O) groups is 3. The maximum atomic E-state index is 12.1. The number of hydrogen-bond acceptors (Lipinski definition) is 6. The number of imide groups is 1. The van der Waals surface area contributed by atoms with Gasteiger partial charge in [-0.1, -0.05) is 0 Å². The van der Waals surface area contributed by atoms with E-state index in [1.165, 1.54) is 13.8 Å². The summed E-state index contributed by atoms with van der Waals surface area (Å²) < 4.78 is 0. The van der Waals surface area contributed by atoms with E-state index in [1.807, 2.05) is 0 Å². The zero-order chi connectivity index (χ0) is 17.4. The molecule has 9 N–H and O–H groups in total. The number of nitrogens with one attached hydrogen (secondary N) is 2. The highest BCUT2D eigenvalue weighted by molar-refractivity contribution is 6.02. The third kappa shape index (κ3) is 6.06. The highest BCUT2D eigenvalue weighted by atomic mass is 16.4. The molecule has 0 aromatic heterocycles. The molecule has 2 amide bonds. The molecule has 126 valence electrons. The van der Waals surface area contributed by atoms with Gasteiger partial charge in [0.05, 0.1) is 12.1 Å². The maximum Gasteiger partial charge on any atom is 0.326 e. The van der Waals surface area contributed by atoms with Gasteiger partial charge in [-0.05, 0) is 26.7 Å². The lowest BCUT2D eigenvalue weighted by molar-refractivity contribution is -0.159. The lowest BCUT2D eigenvalue weighted by Gasteiger charge is -2.30. The van der Waals surface area contributed by atoms with Crippen LogP contribution in [0, 0.1) is 5.41 Å². The predicted octanol–water partition coefficient (Wildman–Crippen LogP) is -2.25. The van der Waals surface area contributed by atoms with E-state index in [0.29, 0.717) is 4.90 Å². The number of carboxylic acid groups (broad SMARTS) is 1. The van der Waals surface area contributed by atoms with Gasteiger partial charge in [-0.3, -0.25) is 19.9 Å². The smallest absolute Gasteiger partial charge is 0.326 e. The first-order chi connectivity index (χ1) is 10.1. The molecule has 3 unspecified atom stereocenters. The number of guanidine groups is 1. The van der Waals surface area contributed by atoms with Gasteiger partial charge in [0.15, 0.2) is 5.96 Å². The molecule has 0 saturated heterocycles. The molecule has 0 aromatic carbocycles. The zero-order valence-electron chi connectivity index (χ0n) is 12.7.